The van der Waals surface area contributed by atoms with Gasteiger partial charge in [-0.05, 0) is 78.0 Å². The van der Waals surface area contributed by atoms with E-state index in [1.165, 1.54) is 0 Å². The lowest BCUT2D eigenvalue weighted by molar-refractivity contribution is 0.0926. The summed E-state index contributed by atoms with van der Waals surface area (Å²) in [6, 6.07) is 16.4. The van der Waals surface area contributed by atoms with Crippen LogP contribution in [0.15, 0.2) is 60.9 Å². The van der Waals surface area contributed by atoms with Gasteiger partial charge in [0.25, 0.3) is 5.91 Å². The highest BCUT2D eigenvalue weighted by Gasteiger charge is 2.16. The number of rotatable bonds is 8. The molecule has 1 N–H and O–H groups in total. The summed E-state index contributed by atoms with van der Waals surface area (Å²) in [6.07, 6.45) is 4.29. The Labute approximate surface area is 183 Å². The monoisotopic (exact) mass is 500 g/mol. The Morgan fingerprint density at radius 2 is 1.97 bits per heavy atom. The maximum Gasteiger partial charge on any atom is 0.251 e. The lowest BCUT2D eigenvalue weighted by Crippen LogP contribution is -2.39. The van der Waals surface area contributed by atoms with Crippen LogP contribution in [0, 0.1) is 21.8 Å². The van der Waals surface area contributed by atoms with Crippen molar-refractivity contribution in [3.63, 3.8) is 0 Å². The number of hydrogen-bond donors (Lipinski definition) is 1. The second-order valence-electron chi connectivity index (χ2n) is 6.58. The number of aryl methyl sites for hydroxylation is 1. The Bertz CT molecular complexity index is 991. The lowest BCUT2D eigenvalue weighted by Gasteiger charge is -2.20. The van der Waals surface area contributed by atoms with Crippen LogP contribution in [-0.2, 0) is 6.54 Å². The number of nitrogens with zero attached hydrogens (tertiary/aromatic N) is 3. The molecule has 7 heteroatoms. The van der Waals surface area contributed by atoms with Gasteiger partial charge in [-0.3, -0.25) is 4.79 Å². The first-order valence-corrected chi connectivity index (χ1v) is 10.3. The average molecular weight is 500 g/mol. The Balaban J connectivity index is 1.63. The van der Waals surface area contributed by atoms with E-state index in [4.69, 9.17) is 10.00 Å². The number of hydrogen-bond acceptors (Lipinski definition) is 4. The second-order valence-corrected chi connectivity index (χ2v) is 7.82. The maximum absolute atomic E-state index is 12.7. The summed E-state index contributed by atoms with van der Waals surface area (Å²) >= 11 is 2.22. The number of benzene rings is 2. The molecule has 0 saturated heterocycles. The molecule has 1 aromatic heterocycles. The van der Waals surface area contributed by atoms with Gasteiger partial charge in [-0.2, -0.15) is 5.26 Å². The zero-order valence-corrected chi connectivity index (χ0v) is 18.2. The van der Waals surface area contributed by atoms with Gasteiger partial charge in [0.2, 0.25) is 0 Å². The van der Waals surface area contributed by atoms with Crippen molar-refractivity contribution in [3.05, 3.63) is 81.4 Å². The predicted octanol–water partition coefficient (Wildman–Crippen LogP) is 3.94. The van der Waals surface area contributed by atoms with Crippen LogP contribution in [0.3, 0.4) is 0 Å². The Hall–Kier alpha value is -2.86. The molecular weight excluding hydrogens is 479 g/mol. The summed E-state index contributed by atoms with van der Waals surface area (Å²) in [5, 5.41) is 12.0. The van der Waals surface area contributed by atoms with Crippen LogP contribution < -0.4 is 10.1 Å². The van der Waals surface area contributed by atoms with Crippen molar-refractivity contribution in [2.75, 3.05) is 6.61 Å². The third kappa shape index (κ3) is 6.06. The van der Waals surface area contributed by atoms with Crippen LogP contribution in [0.1, 0.15) is 28.2 Å². The van der Waals surface area contributed by atoms with Crippen molar-refractivity contribution in [2.24, 2.45) is 0 Å². The van der Waals surface area contributed by atoms with E-state index in [2.05, 4.69) is 39.0 Å². The summed E-state index contributed by atoms with van der Waals surface area (Å²) in [5.74, 6) is 1.49. The molecule has 1 amide bonds. The van der Waals surface area contributed by atoms with E-state index in [9.17, 15) is 4.79 Å². The zero-order chi connectivity index (χ0) is 20.6. The number of imidazole rings is 1. The maximum atomic E-state index is 12.7. The number of halogens is 1. The topological polar surface area (TPSA) is 79.9 Å². The van der Waals surface area contributed by atoms with Crippen molar-refractivity contribution < 1.29 is 9.53 Å². The van der Waals surface area contributed by atoms with Crippen LogP contribution in [0.4, 0.5) is 0 Å². The predicted molar refractivity (Wildman–Crippen MR) is 119 cm³/mol. The summed E-state index contributed by atoms with van der Waals surface area (Å²) in [7, 11) is 0. The molecule has 2 aromatic carbocycles. The van der Waals surface area contributed by atoms with Gasteiger partial charge in [0.15, 0.2) is 0 Å². The fourth-order valence-electron chi connectivity index (χ4n) is 2.86. The van der Waals surface area contributed by atoms with Gasteiger partial charge in [-0.1, -0.05) is 0 Å². The highest BCUT2D eigenvalue weighted by atomic mass is 127. The van der Waals surface area contributed by atoms with Crippen LogP contribution in [-0.4, -0.2) is 28.1 Å². The lowest BCUT2D eigenvalue weighted by atomic mass is 10.1. The zero-order valence-electron chi connectivity index (χ0n) is 16.0. The third-order valence-corrected chi connectivity index (χ3v) is 5.22. The van der Waals surface area contributed by atoms with Gasteiger partial charge < -0.3 is 14.6 Å². The summed E-state index contributed by atoms with van der Waals surface area (Å²) in [4.78, 5) is 16.9. The molecule has 0 radical (unpaired) electrons. The number of nitrogens with one attached hydrogen (secondary N) is 1. The number of nitriles is 1. The minimum atomic E-state index is -0.118. The first-order valence-electron chi connectivity index (χ1n) is 9.22. The Morgan fingerprint density at radius 3 is 2.59 bits per heavy atom. The van der Waals surface area contributed by atoms with Gasteiger partial charge in [-0.15, -0.1) is 0 Å². The molecule has 1 heterocycles. The fraction of sp³-hybridized carbons (Fsp3) is 0.227. The molecule has 0 spiro atoms. The SMILES string of the molecule is Cc1nccn1CC(CCOc1ccc(C#N)cc1)NC(=O)c1ccc(I)cc1. The van der Waals surface area contributed by atoms with Crippen molar-refractivity contribution in [1.29, 1.82) is 5.26 Å². The van der Waals surface area contributed by atoms with Crippen LogP contribution in [0.2, 0.25) is 0 Å². The highest BCUT2D eigenvalue weighted by Crippen LogP contribution is 2.13. The molecule has 0 aliphatic rings. The molecule has 148 valence electrons. The van der Waals surface area contributed by atoms with E-state index < -0.39 is 0 Å². The van der Waals surface area contributed by atoms with E-state index in [-0.39, 0.29) is 11.9 Å². The molecule has 0 bridgehead atoms. The van der Waals surface area contributed by atoms with E-state index in [0.717, 1.165) is 9.39 Å². The van der Waals surface area contributed by atoms with E-state index in [1.54, 1.807) is 30.5 Å². The van der Waals surface area contributed by atoms with Crippen LogP contribution in [0.25, 0.3) is 0 Å². The molecule has 29 heavy (non-hydrogen) atoms. The smallest absolute Gasteiger partial charge is 0.251 e. The largest absolute Gasteiger partial charge is 0.494 e. The number of carbonyl (C=O) groups excluding carboxylic acids is 1. The van der Waals surface area contributed by atoms with Crippen molar-refractivity contribution >= 4 is 28.5 Å². The van der Waals surface area contributed by atoms with Crippen molar-refractivity contribution in [2.45, 2.75) is 25.9 Å². The summed E-state index contributed by atoms with van der Waals surface area (Å²) in [5.41, 5.74) is 1.22. The summed E-state index contributed by atoms with van der Waals surface area (Å²) < 4.78 is 8.90. The molecule has 0 fully saturated rings. The molecule has 3 aromatic rings. The first kappa shape index (κ1) is 20.9. The number of amides is 1. The van der Waals surface area contributed by atoms with E-state index >= 15 is 0 Å². The van der Waals surface area contributed by atoms with Gasteiger partial charge in [0, 0.05) is 34.5 Å². The molecule has 6 nitrogen and oxygen atoms in total. The molecule has 0 aliphatic carbocycles. The molecule has 0 saturated carbocycles. The van der Waals surface area contributed by atoms with E-state index in [0.29, 0.717) is 36.4 Å². The Kier molecular flexibility index (Phi) is 7.25. The van der Waals surface area contributed by atoms with Crippen LogP contribution >= 0.6 is 22.6 Å². The highest BCUT2D eigenvalue weighted by molar-refractivity contribution is 14.1. The van der Waals surface area contributed by atoms with Crippen molar-refractivity contribution in [3.8, 4) is 11.8 Å². The number of carbonyl (C=O) groups is 1. The Morgan fingerprint density at radius 1 is 1.24 bits per heavy atom. The molecule has 1 atom stereocenters. The minimum absolute atomic E-state index is 0.109. The van der Waals surface area contributed by atoms with Gasteiger partial charge in [-0.25, -0.2) is 4.98 Å². The van der Waals surface area contributed by atoms with Gasteiger partial charge >= 0.3 is 0 Å². The first-order chi connectivity index (χ1) is 14.0. The second kappa shape index (κ2) is 10.1. The van der Waals surface area contributed by atoms with Crippen molar-refractivity contribution in [1.82, 2.24) is 14.9 Å². The standard InChI is InChI=1S/C22H21IN4O2/c1-16-25-11-12-27(16)15-20(26-22(28)18-4-6-19(23)7-5-18)10-13-29-21-8-2-17(14-24)3-9-21/h2-9,11-12,20H,10,13,15H2,1H3,(H,26,28). The molecule has 0 aliphatic heterocycles. The van der Waals surface area contributed by atoms with Gasteiger partial charge in [0.05, 0.1) is 24.3 Å². The quantitative estimate of drug-likeness (QED) is 0.476. The average Bonchev–Trinajstić information content (AvgIpc) is 3.13. The molecule has 1 unspecified atom stereocenters. The minimum Gasteiger partial charge on any atom is -0.494 e. The normalized spacial score (nSPS) is 11.5. The fourth-order valence-corrected chi connectivity index (χ4v) is 3.22. The number of aromatic nitrogens is 2. The van der Waals surface area contributed by atoms with Crippen LogP contribution in [0.5, 0.6) is 5.75 Å². The summed E-state index contributed by atoms with van der Waals surface area (Å²) in [6.45, 7) is 2.99. The van der Waals surface area contributed by atoms with E-state index in [1.807, 2.05) is 42.0 Å². The molecule has 3 rings (SSSR count). The molecular formula is C22H21IN4O2. The number of ether oxygens (including phenoxy) is 1. The third-order valence-electron chi connectivity index (χ3n) is 4.50. The van der Waals surface area contributed by atoms with Gasteiger partial charge in [0.1, 0.15) is 11.6 Å².